The van der Waals surface area contributed by atoms with Gasteiger partial charge in [-0.25, -0.2) is 4.39 Å². The summed E-state index contributed by atoms with van der Waals surface area (Å²) in [6, 6.07) is 7.25. The number of rotatable bonds is 4. The van der Waals surface area contributed by atoms with Crippen molar-refractivity contribution in [1.29, 1.82) is 0 Å². The van der Waals surface area contributed by atoms with Gasteiger partial charge < -0.3 is 10.1 Å². The molecule has 1 heterocycles. The van der Waals surface area contributed by atoms with E-state index < -0.39 is 6.17 Å². The first kappa shape index (κ1) is 12.3. The molecule has 2 rings (SSSR count). The lowest BCUT2D eigenvalue weighted by Crippen LogP contribution is -2.44. The Morgan fingerprint density at radius 1 is 1.41 bits per heavy atom. The number of hydrogen-bond acceptors (Lipinski definition) is 3. The summed E-state index contributed by atoms with van der Waals surface area (Å²) in [7, 11) is 1.60. The average Bonchev–Trinajstić information content (AvgIpc) is 2.40. The van der Waals surface area contributed by atoms with Gasteiger partial charge in [0, 0.05) is 32.7 Å². The van der Waals surface area contributed by atoms with Gasteiger partial charge in [-0.15, -0.1) is 0 Å². The van der Waals surface area contributed by atoms with Gasteiger partial charge in [0.1, 0.15) is 11.9 Å². The molecule has 1 saturated heterocycles. The normalized spacial score (nSPS) is 18.9. The molecule has 1 fully saturated rings. The Morgan fingerprint density at radius 2 is 2.18 bits per heavy atom. The summed E-state index contributed by atoms with van der Waals surface area (Å²) in [5.74, 6) is 0.713. The predicted molar refractivity (Wildman–Crippen MR) is 66.2 cm³/mol. The third kappa shape index (κ3) is 3.41. The molecule has 17 heavy (non-hydrogen) atoms. The fourth-order valence-electron chi connectivity index (χ4n) is 2.06. The van der Waals surface area contributed by atoms with Gasteiger partial charge in [-0.1, -0.05) is 12.1 Å². The number of ether oxygens (including phenoxy) is 1. The summed E-state index contributed by atoms with van der Waals surface area (Å²) < 4.78 is 19.2. The third-order valence-corrected chi connectivity index (χ3v) is 3.08. The van der Waals surface area contributed by atoms with Crippen molar-refractivity contribution in [2.75, 3.05) is 39.8 Å². The number of methoxy groups -OCH3 is 1. The molecule has 4 heteroatoms. The monoisotopic (exact) mass is 238 g/mol. The lowest BCUT2D eigenvalue weighted by molar-refractivity contribution is 0.175. The number of piperazine rings is 1. The van der Waals surface area contributed by atoms with Crippen molar-refractivity contribution in [2.45, 2.75) is 6.17 Å². The molecule has 94 valence electrons. The summed E-state index contributed by atoms with van der Waals surface area (Å²) in [4.78, 5) is 2.15. The molecular weight excluding hydrogens is 219 g/mol. The quantitative estimate of drug-likeness (QED) is 0.862. The zero-order chi connectivity index (χ0) is 12.1. The van der Waals surface area contributed by atoms with Crippen molar-refractivity contribution in [3.05, 3.63) is 29.8 Å². The van der Waals surface area contributed by atoms with Crippen molar-refractivity contribution < 1.29 is 9.13 Å². The Morgan fingerprint density at radius 3 is 2.88 bits per heavy atom. The maximum Gasteiger partial charge on any atom is 0.138 e. The van der Waals surface area contributed by atoms with Crippen LogP contribution in [0.4, 0.5) is 4.39 Å². The van der Waals surface area contributed by atoms with Gasteiger partial charge in [-0.3, -0.25) is 4.90 Å². The minimum Gasteiger partial charge on any atom is -0.497 e. The van der Waals surface area contributed by atoms with Crippen LogP contribution in [0.3, 0.4) is 0 Å². The standard InChI is InChI=1S/C13H19FN2O/c1-17-12-4-2-3-11(9-12)13(14)10-16-7-5-15-6-8-16/h2-4,9,13,15H,5-8,10H2,1H3/t13-/m1/s1. The summed E-state index contributed by atoms with van der Waals surface area (Å²) in [6.07, 6.45) is -0.941. The van der Waals surface area contributed by atoms with Gasteiger partial charge in [-0.05, 0) is 17.7 Å². The number of benzene rings is 1. The van der Waals surface area contributed by atoms with E-state index in [4.69, 9.17) is 4.74 Å². The zero-order valence-corrected chi connectivity index (χ0v) is 10.2. The van der Waals surface area contributed by atoms with Crippen LogP contribution in [-0.2, 0) is 0 Å². The largest absolute Gasteiger partial charge is 0.497 e. The van der Waals surface area contributed by atoms with Gasteiger partial charge in [0.25, 0.3) is 0 Å². The molecule has 1 aliphatic heterocycles. The molecule has 1 atom stereocenters. The van der Waals surface area contributed by atoms with E-state index in [9.17, 15) is 4.39 Å². The van der Waals surface area contributed by atoms with E-state index in [1.54, 1.807) is 13.2 Å². The van der Waals surface area contributed by atoms with Crippen LogP contribution in [0.1, 0.15) is 11.7 Å². The molecule has 0 aliphatic carbocycles. The van der Waals surface area contributed by atoms with E-state index in [-0.39, 0.29) is 0 Å². The second kappa shape index (κ2) is 5.98. The maximum atomic E-state index is 14.1. The summed E-state index contributed by atoms with van der Waals surface area (Å²) in [5.41, 5.74) is 0.697. The maximum absolute atomic E-state index is 14.1. The molecule has 1 N–H and O–H groups in total. The SMILES string of the molecule is COc1cccc([C@H](F)CN2CCNCC2)c1. The van der Waals surface area contributed by atoms with Crippen LogP contribution in [0.25, 0.3) is 0 Å². The Kier molecular flexibility index (Phi) is 4.34. The van der Waals surface area contributed by atoms with Crippen LogP contribution < -0.4 is 10.1 Å². The van der Waals surface area contributed by atoms with E-state index in [2.05, 4.69) is 10.2 Å². The number of halogens is 1. The van der Waals surface area contributed by atoms with Crippen molar-refractivity contribution in [2.24, 2.45) is 0 Å². The van der Waals surface area contributed by atoms with Crippen LogP contribution in [0.15, 0.2) is 24.3 Å². The minimum absolute atomic E-state index is 0.467. The molecule has 0 unspecified atom stereocenters. The molecule has 0 saturated carbocycles. The molecule has 0 spiro atoms. The van der Waals surface area contributed by atoms with Crippen LogP contribution in [0.2, 0.25) is 0 Å². The van der Waals surface area contributed by atoms with Crippen molar-refractivity contribution in [3.63, 3.8) is 0 Å². The Labute approximate surface area is 102 Å². The van der Waals surface area contributed by atoms with Gasteiger partial charge in [0.05, 0.1) is 7.11 Å². The van der Waals surface area contributed by atoms with E-state index >= 15 is 0 Å². The van der Waals surface area contributed by atoms with Crippen LogP contribution in [0.5, 0.6) is 5.75 Å². The van der Waals surface area contributed by atoms with Crippen LogP contribution in [0, 0.1) is 0 Å². The minimum atomic E-state index is -0.941. The molecule has 1 aromatic carbocycles. The highest BCUT2D eigenvalue weighted by atomic mass is 19.1. The number of hydrogen-bond donors (Lipinski definition) is 1. The average molecular weight is 238 g/mol. The number of nitrogens with zero attached hydrogens (tertiary/aromatic N) is 1. The molecule has 1 aromatic rings. The summed E-state index contributed by atoms with van der Waals surface area (Å²) in [5, 5.41) is 3.26. The topological polar surface area (TPSA) is 24.5 Å². The first-order valence-corrected chi connectivity index (χ1v) is 6.00. The van der Waals surface area contributed by atoms with E-state index in [1.807, 2.05) is 18.2 Å². The molecule has 0 radical (unpaired) electrons. The first-order valence-electron chi connectivity index (χ1n) is 6.00. The molecule has 0 bridgehead atoms. The Hall–Kier alpha value is -1.13. The zero-order valence-electron chi connectivity index (χ0n) is 10.2. The predicted octanol–water partition coefficient (Wildman–Crippen LogP) is 1.61. The van der Waals surface area contributed by atoms with Crippen molar-refractivity contribution in [1.82, 2.24) is 10.2 Å². The fraction of sp³-hybridized carbons (Fsp3) is 0.538. The van der Waals surface area contributed by atoms with Crippen LogP contribution >= 0.6 is 0 Å². The molecular formula is C13H19FN2O. The highest BCUT2D eigenvalue weighted by Crippen LogP contribution is 2.22. The number of alkyl halides is 1. The second-order valence-electron chi connectivity index (χ2n) is 4.29. The highest BCUT2D eigenvalue weighted by molar-refractivity contribution is 5.30. The molecule has 1 aliphatic rings. The smallest absolute Gasteiger partial charge is 0.138 e. The highest BCUT2D eigenvalue weighted by Gasteiger charge is 2.17. The molecule has 3 nitrogen and oxygen atoms in total. The first-order chi connectivity index (χ1) is 8.29. The van der Waals surface area contributed by atoms with Crippen molar-refractivity contribution in [3.8, 4) is 5.75 Å². The molecule has 0 aromatic heterocycles. The molecule has 0 amide bonds. The fourth-order valence-corrected chi connectivity index (χ4v) is 2.06. The lowest BCUT2D eigenvalue weighted by Gasteiger charge is -2.28. The summed E-state index contributed by atoms with van der Waals surface area (Å²) in [6.45, 7) is 4.21. The lowest BCUT2D eigenvalue weighted by atomic mass is 10.1. The summed E-state index contributed by atoms with van der Waals surface area (Å²) >= 11 is 0. The van der Waals surface area contributed by atoms with Crippen LogP contribution in [-0.4, -0.2) is 44.7 Å². The van der Waals surface area contributed by atoms with E-state index in [0.717, 1.165) is 26.2 Å². The van der Waals surface area contributed by atoms with Gasteiger partial charge in [0.2, 0.25) is 0 Å². The second-order valence-corrected chi connectivity index (χ2v) is 4.29. The third-order valence-electron chi connectivity index (χ3n) is 3.08. The van der Waals surface area contributed by atoms with Gasteiger partial charge in [0.15, 0.2) is 0 Å². The van der Waals surface area contributed by atoms with E-state index in [1.165, 1.54) is 0 Å². The van der Waals surface area contributed by atoms with Crippen molar-refractivity contribution >= 4 is 0 Å². The van der Waals surface area contributed by atoms with Gasteiger partial charge >= 0.3 is 0 Å². The van der Waals surface area contributed by atoms with Gasteiger partial charge in [-0.2, -0.15) is 0 Å². The number of nitrogens with one attached hydrogen (secondary N) is 1. The Bertz CT molecular complexity index is 353. The Balaban J connectivity index is 1.95. The van der Waals surface area contributed by atoms with E-state index in [0.29, 0.717) is 17.9 Å².